The monoisotopic (exact) mass is 464 g/mol. The number of carbonyl (C=O) groups is 1. The summed E-state index contributed by atoms with van der Waals surface area (Å²) in [6.45, 7) is 4.35. The topological polar surface area (TPSA) is 60.0 Å². The molecular weight excluding hydrogens is 436 g/mol. The van der Waals surface area contributed by atoms with E-state index in [-0.39, 0.29) is 5.91 Å². The summed E-state index contributed by atoms with van der Waals surface area (Å²) in [5, 5.41) is 2.99. The third-order valence-corrected chi connectivity index (χ3v) is 6.24. The van der Waals surface area contributed by atoms with Crippen molar-refractivity contribution in [1.29, 1.82) is 0 Å². The summed E-state index contributed by atoms with van der Waals surface area (Å²) in [5.41, 5.74) is 3.45. The van der Waals surface area contributed by atoms with Gasteiger partial charge in [-0.25, -0.2) is 0 Å². The Balaban J connectivity index is 1.52. The van der Waals surface area contributed by atoms with E-state index >= 15 is 0 Å². The zero-order chi connectivity index (χ0) is 23.2. The number of nitrogens with one attached hydrogen (secondary N) is 1. The Labute approximate surface area is 198 Å². The van der Waals surface area contributed by atoms with Crippen LogP contribution in [-0.4, -0.2) is 39.0 Å². The summed E-state index contributed by atoms with van der Waals surface area (Å²) in [4.78, 5) is 16.1. The summed E-state index contributed by atoms with van der Waals surface area (Å²) in [5.74, 6) is 1.97. The molecule has 0 unspecified atom stereocenters. The van der Waals surface area contributed by atoms with Gasteiger partial charge in [0.05, 0.1) is 12.8 Å². The highest BCUT2D eigenvalue weighted by Crippen LogP contribution is 2.39. The number of thioether (sulfide) groups is 1. The Morgan fingerprint density at radius 2 is 1.79 bits per heavy atom. The number of rotatable bonds is 8. The third kappa shape index (κ3) is 5.20. The van der Waals surface area contributed by atoms with Crippen molar-refractivity contribution in [3.05, 3.63) is 71.8 Å². The first-order valence-corrected chi connectivity index (χ1v) is 12.1. The Hall–Kier alpha value is -3.32. The van der Waals surface area contributed by atoms with Gasteiger partial charge in [-0.2, -0.15) is 0 Å². The van der Waals surface area contributed by atoms with E-state index in [0.717, 1.165) is 28.4 Å². The van der Waals surface area contributed by atoms with Crippen molar-refractivity contribution in [2.75, 3.05) is 38.0 Å². The number of methoxy groups -OCH3 is 1. The molecule has 7 heteroatoms. The largest absolute Gasteiger partial charge is 0.495 e. The third-order valence-electron chi connectivity index (χ3n) is 5.50. The summed E-state index contributed by atoms with van der Waals surface area (Å²) in [7, 11) is 1.62. The van der Waals surface area contributed by atoms with E-state index in [1.807, 2.05) is 48.7 Å². The molecule has 33 heavy (non-hydrogen) atoms. The summed E-state index contributed by atoms with van der Waals surface area (Å²) in [6, 6.07) is 19.6. The molecule has 4 rings (SSSR count). The van der Waals surface area contributed by atoms with Crippen molar-refractivity contribution in [2.24, 2.45) is 0 Å². The molecule has 1 N–H and O–H groups in total. The number of ether oxygens (including phenoxy) is 3. The Bertz CT molecular complexity index is 1120. The van der Waals surface area contributed by atoms with Gasteiger partial charge in [0.15, 0.2) is 11.5 Å². The van der Waals surface area contributed by atoms with E-state index in [1.165, 1.54) is 4.90 Å². The van der Waals surface area contributed by atoms with Crippen LogP contribution in [0.5, 0.6) is 17.2 Å². The van der Waals surface area contributed by atoms with Crippen molar-refractivity contribution < 1.29 is 19.0 Å². The van der Waals surface area contributed by atoms with Gasteiger partial charge >= 0.3 is 0 Å². The highest BCUT2D eigenvalue weighted by Gasteiger charge is 2.19. The molecule has 0 fully saturated rings. The highest BCUT2D eigenvalue weighted by atomic mass is 32.2. The number of nitrogens with zero attached hydrogens (tertiary/aromatic N) is 1. The molecule has 6 nitrogen and oxygen atoms in total. The van der Waals surface area contributed by atoms with Gasteiger partial charge in [-0.05, 0) is 61.2 Å². The Kier molecular flexibility index (Phi) is 7.29. The molecule has 1 aliphatic heterocycles. The quantitative estimate of drug-likeness (QED) is 0.458. The zero-order valence-corrected chi connectivity index (χ0v) is 19.9. The van der Waals surface area contributed by atoms with Crippen LogP contribution in [-0.2, 0) is 6.54 Å². The van der Waals surface area contributed by atoms with Crippen molar-refractivity contribution >= 4 is 29.0 Å². The van der Waals surface area contributed by atoms with Crippen molar-refractivity contribution in [1.82, 2.24) is 5.32 Å². The van der Waals surface area contributed by atoms with Crippen LogP contribution in [0.25, 0.3) is 0 Å². The fourth-order valence-corrected chi connectivity index (χ4v) is 4.17. The van der Waals surface area contributed by atoms with Crippen LogP contribution in [0.4, 0.5) is 11.4 Å². The van der Waals surface area contributed by atoms with E-state index in [2.05, 4.69) is 29.3 Å². The molecule has 3 aromatic carbocycles. The lowest BCUT2D eigenvalue weighted by Gasteiger charge is -2.27. The molecule has 0 aliphatic carbocycles. The maximum absolute atomic E-state index is 12.8. The summed E-state index contributed by atoms with van der Waals surface area (Å²) < 4.78 is 17.0. The van der Waals surface area contributed by atoms with E-state index in [9.17, 15) is 4.79 Å². The number of amides is 1. The van der Waals surface area contributed by atoms with Crippen LogP contribution in [0.15, 0.2) is 65.6 Å². The second kappa shape index (κ2) is 10.5. The van der Waals surface area contributed by atoms with Crippen molar-refractivity contribution in [3.63, 3.8) is 0 Å². The number of benzene rings is 3. The molecular formula is C26H28N2O4S. The number of fused-ring (bicyclic) bond motifs is 1. The van der Waals surface area contributed by atoms with Crippen LogP contribution in [0.2, 0.25) is 0 Å². The molecule has 1 heterocycles. The normalized spacial score (nSPS) is 12.2. The van der Waals surface area contributed by atoms with Crippen LogP contribution >= 0.6 is 11.8 Å². The first kappa shape index (κ1) is 22.9. The van der Waals surface area contributed by atoms with Crippen LogP contribution in [0.3, 0.4) is 0 Å². The van der Waals surface area contributed by atoms with Gasteiger partial charge in [-0.3, -0.25) is 4.79 Å². The molecule has 0 aromatic heterocycles. The minimum atomic E-state index is -0.142. The lowest BCUT2D eigenvalue weighted by Crippen LogP contribution is -2.23. The second-order valence-corrected chi connectivity index (χ2v) is 8.37. The van der Waals surface area contributed by atoms with E-state index < -0.39 is 0 Å². The van der Waals surface area contributed by atoms with Gasteiger partial charge in [-0.1, -0.05) is 12.1 Å². The lowest BCUT2D eigenvalue weighted by atomic mass is 10.1. The second-order valence-electron chi connectivity index (χ2n) is 7.49. The molecule has 3 aromatic rings. The summed E-state index contributed by atoms with van der Waals surface area (Å²) >= 11 is 1.69. The van der Waals surface area contributed by atoms with Crippen LogP contribution in [0, 0.1) is 0 Å². The van der Waals surface area contributed by atoms with Gasteiger partial charge in [0.25, 0.3) is 5.91 Å². The minimum absolute atomic E-state index is 0.142. The van der Waals surface area contributed by atoms with Gasteiger partial charge in [0, 0.05) is 35.3 Å². The van der Waals surface area contributed by atoms with Crippen molar-refractivity contribution in [3.8, 4) is 17.2 Å². The maximum Gasteiger partial charge on any atom is 0.251 e. The van der Waals surface area contributed by atoms with E-state index in [4.69, 9.17) is 14.2 Å². The zero-order valence-electron chi connectivity index (χ0n) is 19.1. The van der Waals surface area contributed by atoms with Gasteiger partial charge in [0.2, 0.25) is 0 Å². The standard InChI is InChI=1S/C26H28N2O4S/c1-4-28(20-8-12-23-25(16-20)32-14-13-31-23)22-11-7-19(15-24(22)30-2)26(29)27-17-18-5-9-21(33-3)10-6-18/h5-12,15-16H,4,13-14,17H2,1-3H3,(H,27,29). The van der Waals surface area contributed by atoms with Crippen molar-refractivity contribution in [2.45, 2.75) is 18.4 Å². The molecule has 0 spiro atoms. The molecule has 0 atom stereocenters. The predicted octanol–water partition coefficient (Wildman–Crippen LogP) is 5.28. The molecule has 1 amide bonds. The molecule has 1 aliphatic rings. The number of anilines is 2. The highest BCUT2D eigenvalue weighted by molar-refractivity contribution is 7.98. The van der Waals surface area contributed by atoms with E-state index in [1.54, 1.807) is 24.9 Å². The lowest BCUT2D eigenvalue weighted by molar-refractivity contribution is 0.0950. The van der Waals surface area contributed by atoms with Gasteiger partial charge < -0.3 is 24.4 Å². The molecule has 0 saturated heterocycles. The van der Waals surface area contributed by atoms with Gasteiger partial charge in [0.1, 0.15) is 19.0 Å². The number of hydrogen-bond acceptors (Lipinski definition) is 6. The maximum atomic E-state index is 12.8. The number of carbonyl (C=O) groups excluding carboxylic acids is 1. The molecule has 0 radical (unpaired) electrons. The molecule has 0 bridgehead atoms. The van der Waals surface area contributed by atoms with E-state index in [0.29, 0.717) is 37.6 Å². The Morgan fingerprint density at radius 3 is 2.48 bits per heavy atom. The molecule has 0 saturated carbocycles. The average Bonchev–Trinajstić information content (AvgIpc) is 2.88. The first-order valence-electron chi connectivity index (χ1n) is 10.9. The fourth-order valence-electron chi connectivity index (χ4n) is 3.76. The Morgan fingerprint density at radius 1 is 1.03 bits per heavy atom. The SMILES string of the molecule is CCN(c1ccc2c(c1)OCCO2)c1ccc(C(=O)NCc2ccc(SC)cc2)cc1OC. The predicted molar refractivity (Wildman–Crippen MR) is 132 cm³/mol. The average molecular weight is 465 g/mol. The van der Waals surface area contributed by atoms with Crippen LogP contribution < -0.4 is 24.4 Å². The minimum Gasteiger partial charge on any atom is -0.495 e. The first-order chi connectivity index (χ1) is 16.1. The van der Waals surface area contributed by atoms with Crippen LogP contribution in [0.1, 0.15) is 22.8 Å². The molecule has 172 valence electrons. The number of hydrogen-bond donors (Lipinski definition) is 1. The smallest absolute Gasteiger partial charge is 0.251 e. The summed E-state index contributed by atoms with van der Waals surface area (Å²) in [6.07, 6.45) is 2.04. The van der Waals surface area contributed by atoms with Gasteiger partial charge in [-0.15, -0.1) is 11.8 Å². The fraction of sp³-hybridized carbons (Fsp3) is 0.269.